The van der Waals surface area contributed by atoms with E-state index in [2.05, 4.69) is 4.85 Å². The maximum absolute atomic E-state index is 12.9. The molecule has 1 aromatic carbocycles. The zero-order valence-corrected chi connectivity index (χ0v) is 10.3. The molecule has 1 aliphatic rings. The smallest absolute Gasteiger partial charge is 0.416 e. The lowest BCUT2D eigenvalue weighted by Gasteiger charge is -2.21. The summed E-state index contributed by atoms with van der Waals surface area (Å²) in [5.41, 5.74) is -1.65. The van der Waals surface area contributed by atoms with Crippen molar-refractivity contribution in [2.75, 3.05) is 18.6 Å². The number of hydrogen-bond donors (Lipinski definition) is 0. The minimum Gasteiger partial charge on any atom is -0.444 e. The Kier molecular flexibility index (Phi) is 3.55. The summed E-state index contributed by atoms with van der Waals surface area (Å²) >= 11 is 0. The van der Waals surface area contributed by atoms with Crippen LogP contribution in [0.4, 0.5) is 29.3 Å². The number of hydrogen-bond acceptors (Lipinski definition) is 3. The molecule has 2 rings (SSSR count). The first-order chi connectivity index (χ1) is 9.38. The molecule has 1 saturated heterocycles. The number of rotatable bonds is 2. The quantitative estimate of drug-likeness (QED) is 0.784. The highest BCUT2D eigenvalue weighted by molar-refractivity contribution is 5.90. The second-order valence-electron chi connectivity index (χ2n) is 3.95. The number of halogens is 3. The average molecular weight is 286 g/mol. The van der Waals surface area contributed by atoms with Gasteiger partial charge in [0.25, 0.3) is 0 Å². The molecule has 20 heavy (non-hydrogen) atoms. The number of nitrogens with zero attached hydrogens (tertiary/aromatic N) is 2. The fourth-order valence-corrected chi connectivity index (χ4v) is 1.85. The van der Waals surface area contributed by atoms with Crippen LogP contribution in [-0.4, -0.2) is 26.0 Å². The Labute approximate surface area is 112 Å². The maximum Gasteiger partial charge on any atom is 0.416 e. The van der Waals surface area contributed by atoms with E-state index in [0.717, 1.165) is 17.0 Å². The highest BCUT2D eigenvalue weighted by Gasteiger charge is 2.38. The Balaban J connectivity index is 2.49. The van der Waals surface area contributed by atoms with E-state index in [1.165, 1.54) is 13.2 Å². The van der Waals surface area contributed by atoms with E-state index in [4.69, 9.17) is 16.0 Å². The summed E-state index contributed by atoms with van der Waals surface area (Å²) in [5.74, 6) is 0. The second-order valence-corrected chi connectivity index (χ2v) is 3.95. The van der Waals surface area contributed by atoms with Gasteiger partial charge in [-0.25, -0.2) is 14.5 Å². The second kappa shape index (κ2) is 5.02. The molecule has 1 aliphatic heterocycles. The summed E-state index contributed by atoms with van der Waals surface area (Å²) in [6.07, 6.45) is -6.26. The van der Waals surface area contributed by atoms with Crippen molar-refractivity contribution in [1.29, 1.82) is 0 Å². The molecular formula is C12H9F3N2O3. The number of cyclic esters (lactones) is 1. The number of carbonyl (C=O) groups is 1. The van der Waals surface area contributed by atoms with Crippen LogP contribution in [0.25, 0.3) is 4.85 Å². The van der Waals surface area contributed by atoms with Gasteiger partial charge in [-0.2, -0.15) is 13.2 Å². The Morgan fingerprint density at radius 2 is 2.20 bits per heavy atom. The van der Waals surface area contributed by atoms with E-state index in [1.807, 2.05) is 0 Å². The van der Waals surface area contributed by atoms with Crippen molar-refractivity contribution >= 4 is 17.5 Å². The fraction of sp³-hybridized carbons (Fsp3) is 0.333. The molecule has 0 bridgehead atoms. The first-order valence-corrected chi connectivity index (χ1v) is 5.46. The lowest BCUT2D eigenvalue weighted by Crippen LogP contribution is -2.34. The molecule has 0 aromatic heterocycles. The number of ether oxygens (including phenoxy) is 2. The van der Waals surface area contributed by atoms with Gasteiger partial charge in [-0.15, -0.1) is 0 Å². The number of anilines is 1. The van der Waals surface area contributed by atoms with Crippen molar-refractivity contribution < 1.29 is 27.4 Å². The van der Waals surface area contributed by atoms with Crippen molar-refractivity contribution in [2.24, 2.45) is 0 Å². The molecule has 5 nitrogen and oxygen atoms in total. The van der Waals surface area contributed by atoms with Gasteiger partial charge in [0.15, 0.2) is 11.9 Å². The van der Waals surface area contributed by atoms with Gasteiger partial charge in [-0.1, -0.05) is 6.07 Å². The molecule has 0 unspecified atom stereocenters. The van der Waals surface area contributed by atoms with Crippen LogP contribution in [0.3, 0.4) is 0 Å². The lowest BCUT2D eigenvalue weighted by molar-refractivity contribution is -0.136. The van der Waals surface area contributed by atoms with Crippen LogP contribution in [0.5, 0.6) is 0 Å². The Morgan fingerprint density at radius 3 is 2.75 bits per heavy atom. The van der Waals surface area contributed by atoms with Crippen LogP contribution in [0, 0.1) is 6.57 Å². The fourth-order valence-electron chi connectivity index (χ4n) is 1.85. The molecule has 1 amide bonds. The highest BCUT2D eigenvalue weighted by atomic mass is 19.4. The van der Waals surface area contributed by atoms with Crippen molar-refractivity contribution in [3.63, 3.8) is 0 Å². The Hall–Kier alpha value is -2.27. The van der Waals surface area contributed by atoms with Crippen LogP contribution in [0.1, 0.15) is 5.56 Å². The van der Waals surface area contributed by atoms with Crippen LogP contribution in [-0.2, 0) is 15.7 Å². The van der Waals surface area contributed by atoms with E-state index in [1.54, 1.807) is 0 Å². The van der Waals surface area contributed by atoms with E-state index in [0.29, 0.717) is 0 Å². The molecule has 0 aliphatic carbocycles. The predicted molar refractivity (Wildman–Crippen MR) is 62.3 cm³/mol. The SMILES string of the molecule is [C-]#[N+]c1ccc(N2C(=O)OC[C@@H]2OC)cc1C(F)(F)F. The molecule has 1 aromatic rings. The average Bonchev–Trinajstić information content (AvgIpc) is 2.78. The molecule has 0 spiro atoms. The third-order valence-corrected chi connectivity index (χ3v) is 2.79. The topological polar surface area (TPSA) is 43.1 Å². The van der Waals surface area contributed by atoms with E-state index in [-0.39, 0.29) is 12.3 Å². The summed E-state index contributed by atoms with van der Waals surface area (Å²) in [7, 11) is 1.32. The first kappa shape index (κ1) is 14.1. The van der Waals surface area contributed by atoms with Gasteiger partial charge in [-0.3, -0.25) is 0 Å². The summed E-state index contributed by atoms with van der Waals surface area (Å²) in [6.45, 7) is 6.69. The van der Waals surface area contributed by atoms with Crippen LogP contribution < -0.4 is 4.90 Å². The molecule has 0 N–H and O–H groups in total. The molecule has 106 valence electrons. The number of benzene rings is 1. The van der Waals surface area contributed by atoms with E-state index >= 15 is 0 Å². The van der Waals surface area contributed by atoms with Crippen LogP contribution >= 0.6 is 0 Å². The normalized spacial score (nSPS) is 18.9. The molecule has 1 heterocycles. The molecule has 0 saturated carbocycles. The van der Waals surface area contributed by atoms with Crippen molar-refractivity contribution in [2.45, 2.75) is 12.4 Å². The Bertz CT molecular complexity index is 580. The van der Waals surface area contributed by atoms with E-state index < -0.39 is 29.7 Å². The maximum atomic E-state index is 12.9. The van der Waals surface area contributed by atoms with Crippen molar-refractivity contribution in [3.8, 4) is 0 Å². The third kappa shape index (κ3) is 2.40. The first-order valence-electron chi connectivity index (χ1n) is 5.46. The number of methoxy groups -OCH3 is 1. The van der Waals surface area contributed by atoms with Crippen LogP contribution in [0.2, 0.25) is 0 Å². The summed E-state index contributed by atoms with van der Waals surface area (Å²) in [5, 5.41) is 0. The standard InChI is InChI=1S/C12H9F3N2O3/c1-16-9-4-3-7(5-8(9)12(13,14)15)17-10(19-2)6-20-11(17)18/h3-5,10H,6H2,2H3/t10-/m0/s1. The van der Waals surface area contributed by atoms with Gasteiger partial charge in [-0.05, 0) is 12.1 Å². The molecule has 0 radical (unpaired) electrons. The molecular weight excluding hydrogens is 277 g/mol. The molecule has 8 heteroatoms. The zero-order chi connectivity index (χ0) is 14.9. The monoisotopic (exact) mass is 286 g/mol. The number of alkyl halides is 3. The zero-order valence-electron chi connectivity index (χ0n) is 10.3. The van der Waals surface area contributed by atoms with Gasteiger partial charge >= 0.3 is 12.3 Å². The molecule has 1 atom stereocenters. The highest BCUT2D eigenvalue weighted by Crippen LogP contribution is 2.39. The number of carbonyl (C=O) groups excluding carboxylic acids is 1. The number of amides is 1. The van der Waals surface area contributed by atoms with Crippen molar-refractivity contribution in [1.82, 2.24) is 0 Å². The van der Waals surface area contributed by atoms with Gasteiger partial charge in [0.05, 0.1) is 12.1 Å². The van der Waals surface area contributed by atoms with Gasteiger partial charge in [0.2, 0.25) is 0 Å². The van der Waals surface area contributed by atoms with Gasteiger partial charge in [0, 0.05) is 12.8 Å². The lowest BCUT2D eigenvalue weighted by atomic mass is 10.1. The third-order valence-electron chi connectivity index (χ3n) is 2.79. The van der Waals surface area contributed by atoms with Crippen LogP contribution in [0.15, 0.2) is 18.2 Å². The summed E-state index contributed by atoms with van der Waals surface area (Å²) in [6, 6.07) is 3.01. The largest absolute Gasteiger partial charge is 0.444 e. The molecule has 1 fully saturated rings. The predicted octanol–water partition coefficient (Wildman–Crippen LogP) is 3.19. The minimum atomic E-state index is -4.68. The minimum absolute atomic E-state index is 0.0286. The summed E-state index contributed by atoms with van der Waals surface area (Å²) in [4.78, 5) is 15.3. The van der Waals surface area contributed by atoms with E-state index in [9.17, 15) is 18.0 Å². The Morgan fingerprint density at radius 1 is 1.50 bits per heavy atom. The van der Waals surface area contributed by atoms with Gasteiger partial charge in [0.1, 0.15) is 6.61 Å². The van der Waals surface area contributed by atoms with Gasteiger partial charge < -0.3 is 9.47 Å². The van der Waals surface area contributed by atoms with Crippen molar-refractivity contribution in [3.05, 3.63) is 35.2 Å². The summed E-state index contributed by atoms with van der Waals surface area (Å²) < 4.78 is 48.3.